The van der Waals surface area contributed by atoms with Crippen LogP contribution in [0.3, 0.4) is 0 Å². The fourth-order valence-corrected chi connectivity index (χ4v) is 3.00. The first-order valence-electron chi connectivity index (χ1n) is 7.28. The van der Waals surface area contributed by atoms with Crippen molar-refractivity contribution < 1.29 is 14.2 Å². The molecule has 0 atom stereocenters. The summed E-state index contributed by atoms with van der Waals surface area (Å²) in [5, 5.41) is 18.0. The predicted molar refractivity (Wildman–Crippen MR) is 85.7 cm³/mol. The van der Waals surface area contributed by atoms with Gasteiger partial charge in [-0.2, -0.15) is 0 Å². The number of rotatable bonds is 4. The van der Waals surface area contributed by atoms with E-state index in [0.717, 1.165) is 0 Å². The van der Waals surface area contributed by atoms with Crippen molar-refractivity contribution in [1.29, 1.82) is 0 Å². The molecule has 2 aromatic rings. The molecule has 1 saturated carbocycles. The molecule has 3 rings (SSSR count). The van der Waals surface area contributed by atoms with Crippen LogP contribution in [-0.2, 0) is 0 Å². The molecule has 0 radical (unpaired) electrons. The number of hydrogen-bond acceptors (Lipinski definition) is 5. The zero-order chi connectivity index (χ0) is 16.6. The molecule has 0 amide bonds. The Bertz CT molecular complexity index is 731. The van der Waals surface area contributed by atoms with Gasteiger partial charge in [0.2, 0.25) is 0 Å². The lowest BCUT2D eigenvalue weighted by atomic mass is 9.73. The molecule has 5 nitrogen and oxygen atoms in total. The van der Waals surface area contributed by atoms with Gasteiger partial charge in [0.1, 0.15) is 5.82 Å². The highest BCUT2D eigenvalue weighted by molar-refractivity contribution is 6.30. The van der Waals surface area contributed by atoms with Crippen molar-refractivity contribution in [2.45, 2.75) is 25.4 Å². The zero-order valence-corrected chi connectivity index (χ0v) is 13.3. The molecule has 7 heteroatoms. The maximum absolute atomic E-state index is 13.8. The SMILES string of the molecule is CC1(O)CC(COc2nnc(-c3cc(Cl)ccc3F)cc2N)C1. The van der Waals surface area contributed by atoms with E-state index in [9.17, 15) is 9.50 Å². The molecule has 0 aliphatic heterocycles. The van der Waals surface area contributed by atoms with Crippen LogP contribution in [0, 0.1) is 11.7 Å². The van der Waals surface area contributed by atoms with Gasteiger partial charge in [0.25, 0.3) is 5.88 Å². The van der Waals surface area contributed by atoms with Gasteiger partial charge in [-0.15, -0.1) is 10.2 Å². The summed E-state index contributed by atoms with van der Waals surface area (Å²) in [6, 6.07) is 5.70. The molecule has 1 aromatic heterocycles. The van der Waals surface area contributed by atoms with Gasteiger partial charge in [-0.05, 0) is 49.9 Å². The summed E-state index contributed by atoms with van der Waals surface area (Å²) in [5.74, 6) is 0.0347. The van der Waals surface area contributed by atoms with Crippen LogP contribution in [0.15, 0.2) is 24.3 Å². The molecule has 1 heterocycles. The number of aliphatic hydroxyl groups is 1. The van der Waals surface area contributed by atoms with Crippen LogP contribution >= 0.6 is 11.6 Å². The first-order chi connectivity index (χ1) is 10.8. The number of anilines is 1. The monoisotopic (exact) mass is 337 g/mol. The fourth-order valence-electron chi connectivity index (χ4n) is 2.83. The highest BCUT2D eigenvalue weighted by atomic mass is 35.5. The van der Waals surface area contributed by atoms with E-state index in [1.54, 1.807) is 6.92 Å². The molecular weight excluding hydrogens is 321 g/mol. The first-order valence-corrected chi connectivity index (χ1v) is 7.66. The largest absolute Gasteiger partial charge is 0.475 e. The van der Waals surface area contributed by atoms with Crippen molar-refractivity contribution in [1.82, 2.24) is 10.2 Å². The number of nitrogen functional groups attached to an aromatic ring is 1. The van der Waals surface area contributed by atoms with Crippen LogP contribution in [0.4, 0.5) is 10.1 Å². The summed E-state index contributed by atoms with van der Waals surface area (Å²) < 4.78 is 19.4. The Morgan fingerprint density at radius 1 is 1.39 bits per heavy atom. The summed E-state index contributed by atoms with van der Waals surface area (Å²) >= 11 is 5.88. The number of hydrogen-bond donors (Lipinski definition) is 2. The third kappa shape index (κ3) is 3.54. The molecule has 0 bridgehead atoms. The summed E-state index contributed by atoms with van der Waals surface area (Å²) in [6.45, 7) is 2.21. The Hall–Kier alpha value is -1.92. The molecule has 1 aromatic carbocycles. The Morgan fingerprint density at radius 3 is 2.78 bits per heavy atom. The van der Waals surface area contributed by atoms with Gasteiger partial charge in [-0.3, -0.25) is 0 Å². The standard InChI is InChI=1S/C16H17ClFN3O2/c1-16(22)6-9(7-16)8-23-15-13(19)5-14(20-21-15)11-4-10(17)2-3-12(11)18/h2-5,9,22H,6-8H2,1H3,(H2,19,20). The second-order valence-corrected chi connectivity index (χ2v) is 6.63. The maximum atomic E-state index is 13.8. The van der Waals surface area contributed by atoms with Crippen LogP contribution in [0.1, 0.15) is 19.8 Å². The van der Waals surface area contributed by atoms with Crippen LogP contribution in [0.5, 0.6) is 5.88 Å². The first kappa shape index (κ1) is 16.0. The third-order valence-corrected chi connectivity index (χ3v) is 4.14. The summed E-state index contributed by atoms with van der Waals surface area (Å²) in [4.78, 5) is 0. The summed E-state index contributed by atoms with van der Waals surface area (Å²) in [5.41, 5.74) is 6.12. The number of halogens is 2. The topological polar surface area (TPSA) is 81.3 Å². The lowest BCUT2D eigenvalue weighted by molar-refractivity contribution is -0.0694. The van der Waals surface area contributed by atoms with Gasteiger partial charge in [-0.1, -0.05) is 11.6 Å². The van der Waals surface area contributed by atoms with Gasteiger partial charge >= 0.3 is 0 Å². The molecule has 122 valence electrons. The van der Waals surface area contributed by atoms with E-state index in [-0.39, 0.29) is 23.0 Å². The molecule has 0 saturated heterocycles. The Kier molecular flexibility index (Phi) is 4.12. The Morgan fingerprint density at radius 2 is 2.13 bits per heavy atom. The van der Waals surface area contributed by atoms with Crippen molar-refractivity contribution in [3.63, 3.8) is 0 Å². The highest BCUT2D eigenvalue weighted by Crippen LogP contribution is 2.37. The molecule has 1 aliphatic carbocycles. The third-order valence-electron chi connectivity index (χ3n) is 3.90. The fraction of sp³-hybridized carbons (Fsp3) is 0.375. The molecule has 1 aliphatic rings. The van der Waals surface area contributed by atoms with Gasteiger partial charge in [0.15, 0.2) is 0 Å². The Balaban J connectivity index is 1.72. The Labute approximate surface area is 138 Å². The van der Waals surface area contributed by atoms with Gasteiger partial charge in [0.05, 0.1) is 23.6 Å². The van der Waals surface area contributed by atoms with E-state index in [0.29, 0.717) is 30.2 Å². The number of benzene rings is 1. The van der Waals surface area contributed by atoms with Crippen LogP contribution in [0.2, 0.25) is 5.02 Å². The summed E-state index contributed by atoms with van der Waals surface area (Å²) in [6.07, 6.45) is 1.37. The van der Waals surface area contributed by atoms with Crippen molar-refractivity contribution in [3.05, 3.63) is 35.1 Å². The highest BCUT2D eigenvalue weighted by Gasteiger charge is 2.38. The lowest BCUT2D eigenvalue weighted by Gasteiger charge is -2.40. The lowest BCUT2D eigenvalue weighted by Crippen LogP contribution is -2.43. The molecular formula is C16H17ClFN3O2. The quantitative estimate of drug-likeness (QED) is 0.896. The molecule has 0 unspecified atom stereocenters. The minimum Gasteiger partial charge on any atom is -0.475 e. The minimum atomic E-state index is -0.598. The van der Waals surface area contributed by atoms with E-state index in [1.165, 1.54) is 24.3 Å². The minimum absolute atomic E-state index is 0.211. The van der Waals surface area contributed by atoms with Crippen LogP contribution < -0.4 is 10.5 Å². The molecule has 3 N–H and O–H groups in total. The number of nitrogens with zero attached hydrogens (tertiary/aromatic N) is 2. The normalized spacial score (nSPS) is 23.4. The van der Waals surface area contributed by atoms with Gasteiger partial charge in [-0.25, -0.2) is 4.39 Å². The van der Waals surface area contributed by atoms with E-state index in [2.05, 4.69) is 10.2 Å². The van der Waals surface area contributed by atoms with Gasteiger partial charge < -0.3 is 15.6 Å². The number of ether oxygens (including phenoxy) is 1. The van der Waals surface area contributed by atoms with Crippen LogP contribution in [0.25, 0.3) is 11.3 Å². The van der Waals surface area contributed by atoms with E-state index in [1.807, 2.05) is 0 Å². The number of nitrogens with two attached hydrogens (primary N) is 1. The van der Waals surface area contributed by atoms with E-state index in [4.69, 9.17) is 22.1 Å². The van der Waals surface area contributed by atoms with E-state index >= 15 is 0 Å². The van der Waals surface area contributed by atoms with Gasteiger partial charge in [0, 0.05) is 10.6 Å². The van der Waals surface area contributed by atoms with Crippen molar-refractivity contribution >= 4 is 17.3 Å². The van der Waals surface area contributed by atoms with Crippen molar-refractivity contribution in [2.24, 2.45) is 5.92 Å². The molecule has 1 fully saturated rings. The van der Waals surface area contributed by atoms with Crippen molar-refractivity contribution in [3.8, 4) is 17.1 Å². The smallest absolute Gasteiger partial charge is 0.256 e. The zero-order valence-electron chi connectivity index (χ0n) is 12.6. The maximum Gasteiger partial charge on any atom is 0.256 e. The van der Waals surface area contributed by atoms with Crippen LogP contribution in [-0.4, -0.2) is 27.5 Å². The average Bonchev–Trinajstić information content (AvgIpc) is 2.46. The summed E-state index contributed by atoms with van der Waals surface area (Å²) in [7, 11) is 0. The second-order valence-electron chi connectivity index (χ2n) is 6.20. The van der Waals surface area contributed by atoms with Crippen molar-refractivity contribution in [2.75, 3.05) is 12.3 Å². The number of aromatic nitrogens is 2. The predicted octanol–water partition coefficient (Wildman–Crippen LogP) is 3.06. The molecule has 23 heavy (non-hydrogen) atoms. The molecule has 0 spiro atoms. The van der Waals surface area contributed by atoms with E-state index < -0.39 is 11.4 Å². The second kappa shape index (κ2) is 5.94. The average molecular weight is 338 g/mol.